The Hall–Kier alpha value is -1.53. The van der Waals surface area contributed by atoms with Crippen LogP contribution in [0, 0.1) is 6.92 Å². The van der Waals surface area contributed by atoms with Crippen LogP contribution in [0.5, 0.6) is 0 Å². The SMILES string of the molecule is Cc1cc(C(=O)N(C)CCN(C)C)nc(C2CCN(C)CC2)n1. The highest BCUT2D eigenvalue weighted by molar-refractivity contribution is 5.92. The van der Waals surface area contributed by atoms with Crippen LogP contribution in [0.3, 0.4) is 0 Å². The minimum atomic E-state index is -0.0217. The second kappa shape index (κ2) is 7.84. The molecule has 6 nitrogen and oxygen atoms in total. The van der Waals surface area contributed by atoms with Gasteiger partial charge >= 0.3 is 0 Å². The summed E-state index contributed by atoms with van der Waals surface area (Å²) in [6, 6.07) is 1.80. The van der Waals surface area contributed by atoms with Crippen molar-refractivity contribution in [1.29, 1.82) is 0 Å². The Morgan fingerprint density at radius 2 is 1.87 bits per heavy atom. The maximum absolute atomic E-state index is 12.6. The lowest BCUT2D eigenvalue weighted by Crippen LogP contribution is -2.34. The summed E-state index contributed by atoms with van der Waals surface area (Å²) in [5, 5.41) is 0. The van der Waals surface area contributed by atoms with Gasteiger partial charge in [-0.25, -0.2) is 9.97 Å². The molecule has 0 radical (unpaired) electrons. The molecule has 1 aromatic heterocycles. The minimum Gasteiger partial charge on any atom is -0.339 e. The van der Waals surface area contributed by atoms with E-state index in [-0.39, 0.29) is 5.91 Å². The number of hydrogen-bond donors (Lipinski definition) is 0. The first-order valence-electron chi connectivity index (χ1n) is 8.31. The third-order valence-corrected chi connectivity index (χ3v) is 4.40. The molecule has 0 bridgehead atoms. The normalized spacial score (nSPS) is 16.8. The van der Waals surface area contributed by atoms with Crippen molar-refractivity contribution >= 4 is 5.91 Å². The molecule has 0 aromatic carbocycles. The number of amides is 1. The predicted octanol–water partition coefficient (Wildman–Crippen LogP) is 1.23. The van der Waals surface area contributed by atoms with Crippen molar-refractivity contribution < 1.29 is 4.79 Å². The number of carbonyl (C=O) groups excluding carboxylic acids is 1. The molecule has 1 aliphatic rings. The van der Waals surface area contributed by atoms with Crippen molar-refractivity contribution in [3.8, 4) is 0 Å². The Kier molecular flexibility index (Phi) is 6.07. The smallest absolute Gasteiger partial charge is 0.272 e. The average Bonchev–Trinajstić information content (AvgIpc) is 2.51. The summed E-state index contributed by atoms with van der Waals surface area (Å²) in [4.78, 5) is 27.9. The summed E-state index contributed by atoms with van der Waals surface area (Å²) < 4.78 is 0. The summed E-state index contributed by atoms with van der Waals surface area (Å²) in [6.45, 7) is 5.60. The molecule has 6 heteroatoms. The Labute approximate surface area is 139 Å². The number of aromatic nitrogens is 2. The standard InChI is InChI=1S/C17H29N5O/c1-13-12-15(17(23)22(5)11-10-20(2)3)19-16(18-13)14-6-8-21(4)9-7-14/h12,14H,6-11H2,1-5H3. The number of rotatable bonds is 5. The van der Waals surface area contributed by atoms with E-state index in [0.717, 1.165) is 44.0 Å². The van der Waals surface area contributed by atoms with Gasteiger partial charge in [0.1, 0.15) is 11.5 Å². The third-order valence-electron chi connectivity index (χ3n) is 4.40. The molecule has 0 unspecified atom stereocenters. The van der Waals surface area contributed by atoms with Crippen LogP contribution in [0.25, 0.3) is 0 Å². The van der Waals surface area contributed by atoms with E-state index in [1.165, 1.54) is 0 Å². The van der Waals surface area contributed by atoms with Crippen LogP contribution in [0.2, 0.25) is 0 Å². The number of piperidine rings is 1. The molecule has 23 heavy (non-hydrogen) atoms. The molecule has 0 atom stereocenters. The molecule has 1 fully saturated rings. The van der Waals surface area contributed by atoms with Crippen LogP contribution in [0.4, 0.5) is 0 Å². The first-order valence-corrected chi connectivity index (χ1v) is 8.31. The highest BCUT2D eigenvalue weighted by Gasteiger charge is 2.23. The fourth-order valence-electron chi connectivity index (χ4n) is 2.80. The molecular formula is C17H29N5O. The van der Waals surface area contributed by atoms with E-state index < -0.39 is 0 Å². The molecule has 0 N–H and O–H groups in total. The lowest BCUT2D eigenvalue weighted by atomic mass is 9.96. The predicted molar refractivity (Wildman–Crippen MR) is 91.8 cm³/mol. The molecule has 0 aliphatic carbocycles. The lowest BCUT2D eigenvalue weighted by molar-refractivity contribution is 0.0779. The van der Waals surface area contributed by atoms with Crippen LogP contribution >= 0.6 is 0 Å². The number of likely N-dealkylation sites (N-methyl/N-ethyl adjacent to an activating group) is 2. The van der Waals surface area contributed by atoms with Crippen molar-refractivity contribution in [2.24, 2.45) is 0 Å². The summed E-state index contributed by atoms with van der Waals surface area (Å²) in [5.74, 6) is 1.18. The second-order valence-corrected chi connectivity index (χ2v) is 6.86. The first-order chi connectivity index (χ1) is 10.9. The number of hydrogen-bond acceptors (Lipinski definition) is 5. The Bertz CT molecular complexity index is 538. The number of carbonyl (C=O) groups is 1. The van der Waals surface area contributed by atoms with E-state index >= 15 is 0 Å². The van der Waals surface area contributed by atoms with Gasteiger partial charge in [0.05, 0.1) is 0 Å². The quantitative estimate of drug-likeness (QED) is 0.817. The van der Waals surface area contributed by atoms with Crippen LogP contribution in [-0.4, -0.2) is 84.9 Å². The molecule has 1 amide bonds. The fraction of sp³-hybridized carbons (Fsp3) is 0.706. The van der Waals surface area contributed by atoms with Gasteiger partial charge in [-0.15, -0.1) is 0 Å². The zero-order valence-corrected chi connectivity index (χ0v) is 15.0. The van der Waals surface area contributed by atoms with E-state index in [1.54, 1.807) is 11.0 Å². The van der Waals surface area contributed by atoms with E-state index in [9.17, 15) is 4.79 Å². The summed E-state index contributed by atoms with van der Waals surface area (Å²) in [5.41, 5.74) is 1.39. The van der Waals surface area contributed by atoms with Gasteiger partial charge in [0.2, 0.25) is 0 Å². The summed E-state index contributed by atoms with van der Waals surface area (Å²) in [6.07, 6.45) is 2.12. The third kappa shape index (κ3) is 4.97. The molecule has 0 saturated carbocycles. The van der Waals surface area contributed by atoms with Crippen molar-refractivity contribution in [3.05, 3.63) is 23.3 Å². The van der Waals surface area contributed by atoms with Gasteiger partial charge in [0.25, 0.3) is 5.91 Å². The Morgan fingerprint density at radius 1 is 1.22 bits per heavy atom. The van der Waals surface area contributed by atoms with E-state index in [0.29, 0.717) is 18.2 Å². The van der Waals surface area contributed by atoms with Crippen molar-refractivity contribution in [3.63, 3.8) is 0 Å². The fourth-order valence-corrected chi connectivity index (χ4v) is 2.80. The molecule has 2 rings (SSSR count). The molecule has 1 aromatic rings. The van der Waals surface area contributed by atoms with E-state index in [2.05, 4.69) is 26.8 Å². The molecule has 128 valence electrons. The Morgan fingerprint density at radius 3 is 2.48 bits per heavy atom. The molecule has 2 heterocycles. The maximum Gasteiger partial charge on any atom is 0.272 e. The maximum atomic E-state index is 12.6. The highest BCUT2D eigenvalue weighted by atomic mass is 16.2. The molecule has 0 spiro atoms. The largest absolute Gasteiger partial charge is 0.339 e. The highest BCUT2D eigenvalue weighted by Crippen LogP contribution is 2.25. The number of aryl methyl sites for hydroxylation is 1. The topological polar surface area (TPSA) is 52.6 Å². The van der Waals surface area contributed by atoms with Crippen molar-refractivity contribution in [1.82, 2.24) is 24.7 Å². The molecule has 1 aliphatic heterocycles. The number of likely N-dealkylation sites (tertiary alicyclic amines) is 1. The minimum absolute atomic E-state index is 0.0217. The van der Waals surface area contributed by atoms with Crippen molar-refractivity contribution in [2.75, 3.05) is 54.4 Å². The zero-order chi connectivity index (χ0) is 17.0. The van der Waals surface area contributed by atoms with Gasteiger partial charge in [-0.05, 0) is 60.1 Å². The van der Waals surface area contributed by atoms with Gasteiger partial charge in [0, 0.05) is 31.7 Å². The monoisotopic (exact) mass is 319 g/mol. The summed E-state index contributed by atoms with van der Waals surface area (Å²) in [7, 11) is 7.98. The Balaban J connectivity index is 2.11. The lowest BCUT2D eigenvalue weighted by Gasteiger charge is -2.28. The second-order valence-electron chi connectivity index (χ2n) is 6.86. The molecule has 1 saturated heterocycles. The zero-order valence-electron chi connectivity index (χ0n) is 15.0. The van der Waals surface area contributed by atoms with Gasteiger partial charge in [-0.3, -0.25) is 4.79 Å². The van der Waals surface area contributed by atoms with Gasteiger partial charge < -0.3 is 14.7 Å². The molecular weight excluding hydrogens is 290 g/mol. The van der Waals surface area contributed by atoms with Crippen LogP contribution in [0.15, 0.2) is 6.07 Å². The van der Waals surface area contributed by atoms with E-state index in [4.69, 9.17) is 0 Å². The van der Waals surface area contributed by atoms with Gasteiger partial charge in [0.15, 0.2) is 0 Å². The van der Waals surface area contributed by atoms with Crippen LogP contribution < -0.4 is 0 Å². The summed E-state index contributed by atoms with van der Waals surface area (Å²) >= 11 is 0. The average molecular weight is 319 g/mol. The van der Waals surface area contributed by atoms with Crippen LogP contribution in [0.1, 0.15) is 40.8 Å². The first kappa shape index (κ1) is 17.8. The van der Waals surface area contributed by atoms with Crippen LogP contribution in [-0.2, 0) is 0 Å². The van der Waals surface area contributed by atoms with Gasteiger partial charge in [-0.1, -0.05) is 0 Å². The van der Waals surface area contributed by atoms with Crippen molar-refractivity contribution in [2.45, 2.75) is 25.7 Å². The van der Waals surface area contributed by atoms with Gasteiger partial charge in [-0.2, -0.15) is 0 Å². The number of nitrogens with zero attached hydrogens (tertiary/aromatic N) is 5. The van der Waals surface area contributed by atoms with E-state index in [1.807, 2.05) is 28.1 Å².